The number of carbonyl (C=O) groups is 2. The lowest BCUT2D eigenvalue weighted by molar-refractivity contribution is -0.220. The van der Waals surface area contributed by atoms with Crippen molar-refractivity contribution in [2.45, 2.75) is 210 Å². The summed E-state index contributed by atoms with van der Waals surface area (Å²) in [6.07, 6.45) is 23.0. The van der Waals surface area contributed by atoms with Gasteiger partial charge in [-0.25, -0.2) is 4.57 Å². The third-order valence-corrected chi connectivity index (χ3v) is 11.9. The first-order valence-electron chi connectivity index (χ1n) is 24.1. The zero-order valence-corrected chi connectivity index (χ0v) is 40.2. The molecule has 17 heteroatoms. The number of hydrogen-bond acceptors (Lipinski definition) is 15. The first kappa shape index (κ1) is 61.2. The standard InChI is InChI=1S/C49H83O16P/c1-3-5-7-8-9-10-11-12-13-14-15-16-17-18-19-24-28-34-43(54)64-39(37-63-66(60,61)65-49-47(58)45(56)44(55)46(57)48(49)59)36-62-42(53)35-29-33-41(52)40(51)32-27-23-21-20-22-26-31-38(50)30-25-6-4-2/h6,12-13,20-23,25-27,31-32,38-41,44-52,55-59H,3-5,7-11,14-19,24,28-30,33-37H2,1-2H3,(H,60,61)/b13-12-,22-20+,23-21-,25-6-,31-26+,32-27-/t38-,39-,40+,41+,44?,45-,46+,47-,48-,49?/m1/s1. The fourth-order valence-electron chi connectivity index (χ4n) is 6.86. The van der Waals surface area contributed by atoms with E-state index in [2.05, 4.69) is 19.1 Å². The summed E-state index contributed by atoms with van der Waals surface area (Å²) in [5, 5.41) is 80.7. The predicted molar refractivity (Wildman–Crippen MR) is 253 cm³/mol. The molecule has 380 valence electrons. The van der Waals surface area contributed by atoms with Crippen molar-refractivity contribution >= 4 is 19.8 Å². The van der Waals surface area contributed by atoms with Crippen LogP contribution in [0.2, 0.25) is 0 Å². The SMILES string of the molecule is CC/C=C\C[C@@H](O)/C=C/C=C/C=C\C=C/[C@H](O)[C@@H](O)CCCC(=O)OC[C@H](COP(=O)(O)OC1[C@H](O)[C@H](O)C(O)[C@H](O)[C@H]1O)OC(=O)CCCCCCCCC/C=C\CCCCCCCC. The summed E-state index contributed by atoms with van der Waals surface area (Å²) < 4.78 is 33.3. The third kappa shape index (κ3) is 29.8. The molecule has 0 spiro atoms. The molecule has 1 aliphatic carbocycles. The number of carbonyl (C=O) groups excluding carboxylic acids is 2. The van der Waals surface area contributed by atoms with Crippen LogP contribution in [0.3, 0.4) is 0 Å². The Hall–Kier alpha value is -2.83. The van der Waals surface area contributed by atoms with Gasteiger partial charge in [-0.05, 0) is 57.8 Å². The fourth-order valence-corrected chi connectivity index (χ4v) is 7.83. The van der Waals surface area contributed by atoms with Gasteiger partial charge in [0.15, 0.2) is 6.10 Å². The highest BCUT2D eigenvalue weighted by Gasteiger charge is 2.51. The highest BCUT2D eigenvalue weighted by molar-refractivity contribution is 7.47. The second kappa shape index (κ2) is 38.1. The van der Waals surface area contributed by atoms with Crippen LogP contribution in [0.4, 0.5) is 0 Å². The molecule has 1 aliphatic rings. The highest BCUT2D eigenvalue weighted by atomic mass is 31.2. The van der Waals surface area contributed by atoms with Crippen LogP contribution in [0.25, 0.3) is 0 Å². The molecule has 0 radical (unpaired) electrons. The Balaban J connectivity index is 2.59. The second-order valence-electron chi connectivity index (χ2n) is 16.8. The molecule has 66 heavy (non-hydrogen) atoms. The van der Waals surface area contributed by atoms with E-state index >= 15 is 0 Å². The van der Waals surface area contributed by atoms with Crippen LogP contribution in [0.1, 0.15) is 149 Å². The molecule has 0 bridgehead atoms. The normalized spacial score (nSPS) is 23.4. The van der Waals surface area contributed by atoms with Gasteiger partial charge in [-0.1, -0.05) is 151 Å². The van der Waals surface area contributed by atoms with Gasteiger partial charge in [0.05, 0.1) is 24.9 Å². The minimum absolute atomic E-state index is 0.0145. The third-order valence-electron chi connectivity index (χ3n) is 10.9. The average Bonchev–Trinajstić information content (AvgIpc) is 3.29. The number of unbranched alkanes of at least 4 members (excludes halogenated alkanes) is 13. The van der Waals surface area contributed by atoms with Crippen molar-refractivity contribution < 1.29 is 78.4 Å². The van der Waals surface area contributed by atoms with E-state index in [1.54, 1.807) is 42.5 Å². The molecule has 0 aromatic rings. The van der Waals surface area contributed by atoms with E-state index in [1.807, 2.05) is 19.1 Å². The number of aliphatic hydroxyl groups excluding tert-OH is 8. The van der Waals surface area contributed by atoms with Gasteiger partial charge in [0.1, 0.15) is 43.2 Å². The smallest absolute Gasteiger partial charge is 0.462 e. The lowest BCUT2D eigenvalue weighted by atomic mass is 9.85. The Morgan fingerprint density at radius 1 is 0.591 bits per heavy atom. The predicted octanol–water partition coefficient (Wildman–Crippen LogP) is 6.41. The van der Waals surface area contributed by atoms with E-state index in [-0.39, 0.29) is 25.7 Å². The van der Waals surface area contributed by atoms with Gasteiger partial charge in [0.25, 0.3) is 0 Å². The van der Waals surface area contributed by atoms with Gasteiger partial charge in [0, 0.05) is 12.8 Å². The highest BCUT2D eigenvalue weighted by Crippen LogP contribution is 2.47. The molecule has 1 saturated carbocycles. The van der Waals surface area contributed by atoms with Gasteiger partial charge in [-0.15, -0.1) is 0 Å². The summed E-state index contributed by atoms with van der Waals surface area (Å²) in [5.74, 6) is -1.44. The van der Waals surface area contributed by atoms with Crippen molar-refractivity contribution in [3.63, 3.8) is 0 Å². The number of hydrogen-bond donors (Lipinski definition) is 9. The fraction of sp³-hybridized carbons (Fsp3) is 0.714. The molecule has 9 N–H and O–H groups in total. The van der Waals surface area contributed by atoms with Crippen molar-refractivity contribution in [2.24, 2.45) is 0 Å². The van der Waals surface area contributed by atoms with Crippen LogP contribution in [0.15, 0.2) is 72.9 Å². The maximum Gasteiger partial charge on any atom is 0.472 e. The molecule has 11 atom stereocenters. The van der Waals surface area contributed by atoms with Crippen molar-refractivity contribution in [3.05, 3.63) is 72.9 Å². The molecule has 0 saturated heterocycles. The summed E-state index contributed by atoms with van der Waals surface area (Å²) in [6, 6.07) is 0. The zero-order valence-electron chi connectivity index (χ0n) is 39.3. The molecule has 0 aliphatic heterocycles. The quantitative estimate of drug-likeness (QED) is 0.0106. The molecule has 3 unspecified atom stereocenters. The first-order chi connectivity index (χ1) is 31.6. The Morgan fingerprint density at radius 2 is 1.11 bits per heavy atom. The lowest BCUT2D eigenvalue weighted by Crippen LogP contribution is -2.64. The van der Waals surface area contributed by atoms with E-state index < -0.39 is 94.0 Å². The van der Waals surface area contributed by atoms with Gasteiger partial charge in [-0.3, -0.25) is 18.6 Å². The van der Waals surface area contributed by atoms with E-state index in [1.165, 1.54) is 44.6 Å². The maximum absolute atomic E-state index is 12.8. The second-order valence-corrected chi connectivity index (χ2v) is 18.2. The summed E-state index contributed by atoms with van der Waals surface area (Å²) in [6.45, 7) is 2.80. The number of phosphoric acid groups is 1. The van der Waals surface area contributed by atoms with Crippen LogP contribution < -0.4 is 0 Å². The first-order valence-corrected chi connectivity index (χ1v) is 25.6. The molecule has 16 nitrogen and oxygen atoms in total. The number of ether oxygens (including phenoxy) is 2. The Labute approximate surface area is 393 Å². The Bertz CT molecular complexity index is 1480. The molecule has 1 rings (SSSR count). The van der Waals surface area contributed by atoms with Gasteiger partial charge < -0.3 is 55.2 Å². The molecule has 0 aromatic heterocycles. The minimum Gasteiger partial charge on any atom is -0.462 e. The lowest BCUT2D eigenvalue weighted by Gasteiger charge is -2.41. The van der Waals surface area contributed by atoms with Crippen LogP contribution in [0, 0.1) is 0 Å². The summed E-state index contributed by atoms with van der Waals surface area (Å²) >= 11 is 0. The Morgan fingerprint density at radius 3 is 1.70 bits per heavy atom. The van der Waals surface area contributed by atoms with Crippen molar-refractivity contribution in [1.82, 2.24) is 0 Å². The molecule has 0 heterocycles. The van der Waals surface area contributed by atoms with Gasteiger partial charge in [-0.2, -0.15) is 0 Å². The zero-order chi connectivity index (χ0) is 49.0. The van der Waals surface area contributed by atoms with Gasteiger partial charge >= 0.3 is 19.8 Å². The molecular weight excluding hydrogens is 875 g/mol. The minimum atomic E-state index is -5.21. The van der Waals surface area contributed by atoms with E-state index in [0.717, 1.165) is 57.8 Å². The summed E-state index contributed by atoms with van der Waals surface area (Å²) in [4.78, 5) is 35.8. The molecule has 0 aromatic carbocycles. The van der Waals surface area contributed by atoms with Gasteiger partial charge in [0.2, 0.25) is 0 Å². The van der Waals surface area contributed by atoms with Crippen molar-refractivity contribution in [3.8, 4) is 0 Å². The molecule has 0 amide bonds. The largest absolute Gasteiger partial charge is 0.472 e. The number of aliphatic hydroxyl groups is 8. The Kier molecular flexibility index (Phi) is 35.3. The number of phosphoric ester groups is 1. The number of allylic oxidation sites excluding steroid dienone is 9. The van der Waals surface area contributed by atoms with E-state index in [4.69, 9.17) is 18.5 Å². The monoisotopic (exact) mass is 959 g/mol. The van der Waals surface area contributed by atoms with Crippen molar-refractivity contribution in [1.29, 1.82) is 0 Å². The topological polar surface area (TPSA) is 270 Å². The van der Waals surface area contributed by atoms with E-state index in [0.29, 0.717) is 12.8 Å². The van der Waals surface area contributed by atoms with Crippen LogP contribution in [-0.2, 0) is 32.7 Å². The number of esters is 2. The maximum atomic E-state index is 12.8. The molecule has 1 fully saturated rings. The number of rotatable bonds is 38. The van der Waals surface area contributed by atoms with E-state index in [9.17, 15) is 59.9 Å². The summed E-state index contributed by atoms with van der Waals surface area (Å²) in [5.41, 5.74) is 0. The van der Waals surface area contributed by atoms with Crippen molar-refractivity contribution in [2.75, 3.05) is 13.2 Å². The summed E-state index contributed by atoms with van der Waals surface area (Å²) in [7, 11) is -5.21. The van der Waals surface area contributed by atoms with Crippen LogP contribution in [0.5, 0.6) is 0 Å². The van der Waals surface area contributed by atoms with Crippen LogP contribution in [-0.4, -0.2) is 132 Å². The average molecular weight is 959 g/mol. The van der Waals surface area contributed by atoms with Crippen LogP contribution >= 0.6 is 7.82 Å². The molecular formula is C49H83O16P.